The van der Waals surface area contributed by atoms with E-state index in [9.17, 15) is 14.7 Å². The predicted octanol–water partition coefficient (Wildman–Crippen LogP) is -1.23. The van der Waals surface area contributed by atoms with Gasteiger partial charge in [0, 0.05) is 46.5 Å². The van der Waals surface area contributed by atoms with Crippen LogP contribution in [0.25, 0.3) is 0 Å². The monoisotopic (exact) mass is 347 g/mol. The van der Waals surface area contributed by atoms with Gasteiger partial charge in [0.05, 0.1) is 6.33 Å². The van der Waals surface area contributed by atoms with Crippen molar-refractivity contribution in [2.24, 2.45) is 7.05 Å². The highest BCUT2D eigenvalue weighted by atomic mass is 16.3. The van der Waals surface area contributed by atoms with Crippen LogP contribution < -0.4 is 10.2 Å². The number of imidazole rings is 2. The zero-order valence-electron chi connectivity index (χ0n) is 14.4. The van der Waals surface area contributed by atoms with E-state index in [2.05, 4.69) is 15.3 Å². The van der Waals surface area contributed by atoms with Crippen LogP contribution in [-0.2, 0) is 24.8 Å². The Bertz CT molecular complexity index is 797. The fourth-order valence-electron chi connectivity index (χ4n) is 2.77. The van der Waals surface area contributed by atoms with Crippen LogP contribution in [0.3, 0.4) is 0 Å². The highest BCUT2D eigenvalue weighted by Crippen LogP contribution is 2.26. The number of carbonyl (C=O) groups is 2. The van der Waals surface area contributed by atoms with Gasteiger partial charge in [-0.25, -0.2) is 9.97 Å². The Morgan fingerprint density at radius 1 is 1.28 bits per heavy atom. The van der Waals surface area contributed by atoms with Gasteiger partial charge in [0.25, 0.3) is 5.91 Å². The van der Waals surface area contributed by atoms with Crippen molar-refractivity contribution in [2.75, 3.05) is 25.5 Å². The molecule has 2 aromatic heterocycles. The topological polar surface area (TPSA) is 109 Å². The number of carbonyl (C=O) groups excluding carboxylic acids is 2. The zero-order chi connectivity index (χ0) is 18.1. The number of rotatable bonds is 5. The number of hydrogen-bond donors (Lipinski definition) is 2. The second-order valence-electron chi connectivity index (χ2n) is 5.97. The maximum atomic E-state index is 12.4. The van der Waals surface area contributed by atoms with Gasteiger partial charge in [0.2, 0.25) is 12.3 Å². The molecule has 0 fully saturated rings. The van der Waals surface area contributed by atoms with Crippen molar-refractivity contribution in [2.45, 2.75) is 19.3 Å². The van der Waals surface area contributed by atoms with Crippen LogP contribution in [0, 0.1) is 0 Å². The Morgan fingerprint density at radius 2 is 2.04 bits per heavy atom. The van der Waals surface area contributed by atoms with E-state index >= 15 is 0 Å². The molecule has 1 aliphatic rings. The third-order valence-corrected chi connectivity index (χ3v) is 4.27. The fraction of sp³-hybridized carbons (Fsp3) is 0.467. The molecule has 1 aliphatic heterocycles. The summed E-state index contributed by atoms with van der Waals surface area (Å²) in [5.41, 5.74) is 0.287. The predicted molar refractivity (Wildman–Crippen MR) is 88.7 cm³/mol. The minimum atomic E-state index is -1.07. The number of amides is 2. The summed E-state index contributed by atoms with van der Waals surface area (Å²) in [7, 11) is 5.03. The normalized spacial score (nSPS) is 17.0. The number of aliphatic hydroxyl groups excluding tert-OH is 1. The average molecular weight is 347 g/mol. The van der Waals surface area contributed by atoms with Crippen LogP contribution in [-0.4, -0.2) is 67.9 Å². The van der Waals surface area contributed by atoms with E-state index in [0.29, 0.717) is 18.8 Å². The molecule has 1 unspecified atom stereocenters. The van der Waals surface area contributed by atoms with Gasteiger partial charge >= 0.3 is 0 Å². The molecule has 3 heterocycles. The van der Waals surface area contributed by atoms with Gasteiger partial charge in [-0.15, -0.1) is 0 Å². The minimum absolute atomic E-state index is 0.0214. The van der Waals surface area contributed by atoms with Crippen molar-refractivity contribution in [1.29, 1.82) is 0 Å². The maximum Gasteiger partial charge on any atom is 0.277 e. The summed E-state index contributed by atoms with van der Waals surface area (Å²) < 4.78 is 3.39. The SMILES string of the molecule is CN1C(=O)c2c(ncn2CC(=O)NCCc2nccn2C)N(C)C1O. The van der Waals surface area contributed by atoms with Gasteiger partial charge in [-0.3, -0.25) is 14.5 Å². The second kappa shape index (κ2) is 6.55. The number of aryl methyl sites for hydroxylation is 1. The maximum absolute atomic E-state index is 12.4. The minimum Gasteiger partial charge on any atom is -0.356 e. The van der Waals surface area contributed by atoms with Crippen molar-refractivity contribution >= 4 is 17.6 Å². The number of nitrogens with one attached hydrogen (secondary N) is 1. The van der Waals surface area contributed by atoms with E-state index in [4.69, 9.17) is 0 Å². The Labute approximate surface area is 144 Å². The summed E-state index contributed by atoms with van der Waals surface area (Å²) in [6, 6.07) is 0. The average Bonchev–Trinajstić information content (AvgIpc) is 3.18. The summed E-state index contributed by atoms with van der Waals surface area (Å²) in [4.78, 5) is 35.6. The number of fused-ring (bicyclic) bond motifs is 1. The smallest absolute Gasteiger partial charge is 0.277 e. The molecular formula is C15H21N7O3. The molecule has 0 bridgehead atoms. The van der Waals surface area contributed by atoms with Crippen molar-refractivity contribution in [3.8, 4) is 0 Å². The van der Waals surface area contributed by atoms with Crippen molar-refractivity contribution in [3.05, 3.63) is 30.2 Å². The number of anilines is 1. The third-order valence-electron chi connectivity index (χ3n) is 4.27. The lowest BCUT2D eigenvalue weighted by Gasteiger charge is -2.36. The van der Waals surface area contributed by atoms with Crippen molar-refractivity contribution in [3.63, 3.8) is 0 Å². The fourth-order valence-corrected chi connectivity index (χ4v) is 2.77. The number of aliphatic hydroxyl groups is 1. The lowest BCUT2D eigenvalue weighted by atomic mass is 10.3. The molecule has 3 rings (SSSR count). The van der Waals surface area contributed by atoms with Gasteiger partial charge in [-0.05, 0) is 0 Å². The summed E-state index contributed by atoms with van der Waals surface area (Å²) in [6.45, 7) is 0.430. The molecule has 0 radical (unpaired) electrons. The van der Waals surface area contributed by atoms with Crippen molar-refractivity contribution < 1.29 is 14.7 Å². The summed E-state index contributed by atoms with van der Waals surface area (Å²) in [6.07, 6.45) is 4.54. The molecule has 2 amide bonds. The van der Waals surface area contributed by atoms with E-state index in [-0.39, 0.29) is 24.1 Å². The van der Waals surface area contributed by atoms with Crippen LogP contribution >= 0.6 is 0 Å². The van der Waals surface area contributed by atoms with Gasteiger partial charge < -0.3 is 24.5 Å². The van der Waals surface area contributed by atoms with Crippen LogP contribution in [0.15, 0.2) is 18.7 Å². The van der Waals surface area contributed by atoms with E-state index < -0.39 is 6.35 Å². The van der Waals surface area contributed by atoms with E-state index in [0.717, 1.165) is 5.82 Å². The van der Waals surface area contributed by atoms with Gasteiger partial charge in [-0.2, -0.15) is 0 Å². The first-order valence-electron chi connectivity index (χ1n) is 7.86. The van der Waals surface area contributed by atoms with Crippen LogP contribution in [0.5, 0.6) is 0 Å². The summed E-state index contributed by atoms with van der Waals surface area (Å²) in [5, 5.41) is 12.8. The summed E-state index contributed by atoms with van der Waals surface area (Å²) >= 11 is 0. The molecule has 25 heavy (non-hydrogen) atoms. The second-order valence-corrected chi connectivity index (χ2v) is 5.97. The first kappa shape index (κ1) is 17.0. The largest absolute Gasteiger partial charge is 0.356 e. The quantitative estimate of drug-likeness (QED) is 0.701. The standard InChI is InChI=1S/C15H21N7O3/c1-19-7-6-16-10(19)4-5-17-11(23)8-22-9-18-13-12(22)14(24)21(3)15(25)20(13)2/h6-7,9,15,25H,4-5,8H2,1-3H3,(H,17,23). The highest BCUT2D eigenvalue weighted by molar-refractivity contribution is 5.99. The Kier molecular flexibility index (Phi) is 4.45. The van der Waals surface area contributed by atoms with Crippen LogP contribution in [0.4, 0.5) is 5.82 Å². The van der Waals surface area contributed by atoms with Gasteiger partial charge in [-0.1, -0.05) is 0 Å². The van der Waals surface area contributed by atoms with Crippen LogP contribution in [0.2, 0.25) is 0 Å². The molecule has 0 spiro atoms. The highest BCUT2D eigenvalue weighted by Gasteiger charge is 2.36. The molecule has 0 aliphatic carbocycles. The van der Waals surface area contributed by atoms with E-state index in [1.165, 1.54) is 27.7 Å². The molecule has 0 saturated heterocycles. The molecular weight excluding hydrogens is 326 g/mol. The molecule has 2 N–H and O–H groups in total. The van der Waals surface area contributed by atoms with Crippen molar-refractivity contribution in [1.82, 2.24) is 29.3 Å². The lowest BCUT2D eigenvalue weighted by molar-refractivity contribution is -0.121. The lowest BCUT2D eigenvalue weighted by Crippen LogP contribution is -2.52. The zero-order valence-corrected chi connectivity index (χ0v) is 14.4. The number of nitrogens with zero attached hydrogens (tertiary/aromatic N) is 6. The van der Waals surface area contributed by atoms with E-state index in [1.807, 2.05) is 17.8 Å². The summed E-state index contributed by atoms with van der Waals surface area (Å²) in [5.74, 6) is 0.640. The van der Waals surface area contributed by atoms with Gasteiger partial charge in [0.15, 0.2) is 11.5 Å². The number of hydrogen-bond acceptors (Lipinski definition) is 6. The Balaban J connectivity index is 1.64. The molecule has 10 heteroatoms. The van der Waals surface area contributed by atoms with Crippen LogP contribution in [0.1, 0.15) is 16.3 Å². The molecule has 2 aromatic rings. The Morgan fingerprint density at radius 3 is 2.72 bits per heavy atom. The van der Waals surface area contributed by atoms with E-state index in [1.54, 1.807) is 13.2 Å². The molecule has 10 nitrogen and oxygen atoms in total. The Hall–Kier alpha value is -2.88. The third kappa shape index (κ3) is 3.07. The molecule has 0 aromatic carbocycles. The van der Waals surface area contributed by atoms with Gasteiger partial charge in [0.1, 0.15) is 12.4 Å². The molecule has 1 atom stereocenters. The first-order valence-corrected chi connectivity index (χ1v) is 7.86. The molecule has 134 valence electrons. The number of aromatic nitrogens is 4. The molecule has 0 saturated carbocycles. The first-order chi connectivity index (χ1) is 11.9.